The molecule has 194 valence electrons. The lowest BCUT2D eigenvalue weighted by atomic mass is 9.94. The van der Waals surface area contributed by atoms with E-state index in [1.165, 1.54) is 30.6 Å². The van der Waals surface area contributed by atoms with E-state index in [4.69, 9.17) is 32.5 Å². The molecule has 2 aromatic heterocycles. The minimum absolute atomic E-state index is 0. The van der Waals surface area contributed by atoms with E-state index in [1.54, 1.807) is 0 Å². The molecule has 1 aromatic carbocycles. The fourth-order valence-corrected chi connectivity index (χ4v) is 3.90. The summed E-state index contributed by atoms with van der Waals surface area (Å²) in [5.74, 6) is -3.63. The Morgan fingerprint density at radius 3 is 2.44 bits per heavy atom. The Bertz CT molecular complexity index is 1260. The van der Waals surface area contributed by atoms with Gasteiger partial charge in [-0.2, -0.15) is 9.97 Å². The molecule has 0 spiro atoms. The van der Waals surface area contributed by atoms with Gasteiger partial charge >= 0.3 is 11.9 Å². The molecule has 4 rings (SSSR count). The number of anilines is 2. The largest absolute Gasteiger partial charge is 0.479 e. The number of carboxylic acids is 2. The topological polar surface area (TPSA) is 209 Å². The second kappa shape index (κ2) is 10.2. The number of fused-ring (bicyclic) bond motifs is 1. The number of benzene rings is 1. The summed E-state index contributed by atoms with van der Waals surface area (Å²) in [6.07, 6.45) is -6.11. The van der Waals surface area contributed by atoms with Crippen LogP contribution in [-0.2, 0) is 25.5 Å². The first kappa shape index (κ1) is 27.0. The molecule has 4 atom stereocenters. The van der Waals surface area contributed by atoms with Crippen LogP contribution in [-0.4, -0.2) is 77.4 Å². The lowest BCUT2D eigenvalue weighted by Crippen LogP contribution is -2.52. The highest BCUT2D eigenvalue weighted by Crippen LogP contribution is 2.35. The van der Waals surface area contributed by atoms with Crippen molar-refractivity contribution >= 4 is 46.2 Å². The minimum atomic E-state index is -2.74. The van der Waals surface area contributed by atoms with Gasteiger partial charge in [-0.05, 0) is 29.3 Å². The zero-order valence-electron chi connectivity index (χ0n) is 17.8. The molecule has 1 aliphatic heterocycles. The maximum atomic E-state index is 15.0. The van der Waals surface area contributed by atoms with Gasteiger partial charge in [-0.1, -0.05) is 19.6 Å². The van der Waals surface area contributed by atoms with Crippen LogP contribution in [0.25, 0.3) is 11.2 Å². The third kappa shape index (κ3) is 4.75. The van der Waals surface area contributed by atoms with Crippen LogP contribution >= 0.6 is 11.6 Å². The smallest absolute Gasteiger partial charge is 0.348 e. The highest BCUT2D eigenvalue weighted by molar-refractivity contribution is 6.28. The van der Waals surface area contributed by atoms with Crippen molar-refractivity contribution in [3.8, 4) is 0 Å². The average Bonchev–Trinajstić information content (AvgIpc) is 3.33. The molecule has 0 unspecified atom stereocenters. The maximum Gasteiger partial charge on any atom is 0.348 e. The summed E-state index contributed by atoms with van der Waals surface area (Å²) in [4.78, 5) is 35.7. The molecule has 1 aliphatic rings. The molecule has 0 bridgehead atoms. The molecule has 15 heteroatoms. The molecular formula is C21H24ClFN6O7. The van der Waals surface area contributed by atoms with Crippen molar-refractivity contribution in [2.24, 2.45) is 0 Å². The number of ether oxygens (including phenoxy) is 2. The zero-order valence-corrected chi connectivity index (χ0v) is 18.5. The lowest BCUT2D eigenvalue weighted by molar-refractivity contribution is -0.190. The molecule has 36 heavy (non-hydrogen) atoms. The van der Waals surface area contributed by atoms with Crippen LogP contribution in [0.1, 0.15) is 19.2 Å². The number of carboxylic acid groups (broad SMARTS) is 2. The number of halogens is 2. The highest BCUT2D eigenvalue weighted by Gasteiger charge is 2.52. The maximum absolute atomic E-state index is 15.0. The van der Waals surface area contributed by atoms with Gasteiger partial charge in [0, 0.05) is 12.1 Å². The van der Waals surface area contributed by atoms with Crippen molar-refractivity contribution in [1.82, 2.24) is 19.5 Å². The van der Waals surface area contributed by atoms with Crippen LogP contribution < -0.4 is 11.5 Å². The van der Waals surface area contributed by atoms with Crippen molar-refractivity contribution in [1.29, 1.82) is 0 Å². The third-order valence-corrected chi connectivity index (χ3v) is 5.78. The Balaban J connectivity index is 0.00000361. The van der Waals surface area contributed by atoms with E-state index >= 15 is 4.39 Å². The quantitative estimate of drug-likeness (QED) is 0.158. The van der Waals surface area contributed by atoms with Crippen LogP contribution in [0, 0.1) is 0 Å². The molecule has 0 saturated carbocycles. The van der Waals surface area contributed by atoms with Crippen LogP contribution in [0.3, 0.4) is 0 Å². The number of hydrogen-bond donors (Lipinski definition) is 5. The Labute approximate surface area is 208 Å². The second-order valence-electron chi connectivity index (χ2n) is 7.87. The summed E-state index contributed by atoms with van der Waals surface area (Å²) in [5.41, 5.74) is 9.50. The predicted molar refractivity (Wildman–Crippen MR) is 125 cm³/mol. The molecule has 0 amide bonds. The molecule has 13 nitrogen and oxygen atoms in total. The number of nitrogens with zero attached hydrogens (tertiary/aromatic N) is 4. The third-order valence-electron chi connectivity index (χ3n) is 5.61. The van der Waals surface area contributed by atoms with Crippen molar-refractivity contribution < 1.29 is 38.8 Å². The van der Waals surface area contributed by atoms with Crippen molar-refractivity contribution in [2.75, 3.05) is 18.1 Å². The van der Waals surface area contributed by atoms with E-state index in [1.807, 2.05) is 0 Å². The Hall–Kier alpha value is -3.59. The predicted octanol–water partition coefficient (Wildman–Crippen LogP) is 1.04. The van der Waals surface area contributed by atoms with E-state index in [9.17, 15) is 24.9 Å². The first-order chi connectivity index (χ1) is 16.5. The molecule has 0 radical (unpaired) electrons. The average molecular weight is 527 g/mol. The zero-order chi connectivity index (χ0) is 25.5. The fraction of sp³-hybridized carbons (Fsp3) is 0.381. The Morgan fingerprint density at radius 2 is 1.83 bits per heavy atom. The van der Waals surface area contributed by atoms with Gasteiger partial charge in [0.1, 0.15) is 17.7 Å². The number of aliphatic hydroxyl groups excluding tert-OH is 1. The summed E-state index contributed by atoms with van der Waals surface area (Å²) in [7, 11) is 0. The SMILES string of the molecule is C.Nc1ccc(CC(OC[C@H]2O[C@@H](n3cnc4c(N)nc(Cl)nc43)[C@@H](F)[C@@H]2O)(C(=O)O)C(=O)O)cc1. The number of hydrogen-bond acceptors (Lipinski definition) is 10. The van der Waals surface area contributed by atoms with Gasteiger partial charge in [0.15, 0.2) is 23.9 Å². The second-order valence-corrected chi connectivity index (χ2v) is 8.21. The van der Waals surface area contributed by atoms with E-state index < -0.39 is 55.2 Å². The van der Waals surface area contributed by atoms with Crippen LogP contribution in [0.2, 0.25) is 5.28 Å². The fourth-order valence-electron chi connectivity index (χ4n) is 3.73. The van der Waals surface area contributed by atoms with Gasteiger partial charge in [-0.25, -0.2) is 19.0 Å². The molecule has 0 aliphatic carbocycles. The summed E-state index contributed by atoms with van der Waals surface area (Å²) in [6, 6.07) is 5.86. The van der Waals surface area contributed by atoms with Gasteiger partial charge in [0.05, 0.1) is 12.9 Å². The molecule has 3 heterocycles. The number of alkyl halides is 1. The normalized spacial score (nSPS) is 21.9. The molecule has 1 fully saturated rings. The number of nitrogens with two attached hydrogens (primary N) is 2. The minimum Gasteiger partial charge on any atom is -0.479 e. The van der Waals surface area contributed by atoms with Gasteiger partial charge in [-0.15, -0.1) is 0 Å². The molecular weight excluding hydrogens is 503 g/mol. The van der Waals surface area contributed by atoms with Gasteiger partial charge in [-0.3, -0.25) is 4.57 Å². The number of aliphatic carboxylic acids is 2. The Kier molecular flexibility index (Phi) is 7.64. The van der Waals surface area contributed by atoms with E-state index in [2.05, 4.69) is 15.0 Å². The van der Waals surface area contributed by atoms with Crippen LogP contribution in [0.5, 0.6) is 0 Å². The molecule has 7 N–H and O–H groups in total. The summed E-state index contributed by atoms with van der Waals surface area (Å²) >= 11 is 5.82. The number of aliphatic hydroxyl groups is 1. The van der Waals surface area contributed by atoms with Gasteiger partial charge < -0.3 is 36.3 Å². The van der Waals surface area contributed by atoms with Crippen LogP contribution in [0.4, 0.5) is 15.9 Å². The van der Waals surface area contributed by atoms with Crippen molar-refractivity contribution in [3.05, 3.63) is 41.4 Å². The lowest BCUT2D eigenvalue weighted by Gasteiger charge is -2.27. The van der Waals surface area contributed by atoms with Crippen molar-refractivity contribution in [3.63, 3.8) is 0 Å². The number of aromatic nitrogens is 4. The van der Waals surface area contributed by atoms with E-state index in [0.29, 0.717) is 11.3 Å². The Morgan fingerprint density at radius 1 is 1.19 bits per heavy atom. The van der Waals surface area contributed by atoms with Crippen LogP contribution in [0.15, 0.2) is 30.6 Å². The first-order valence-corrected chi connectivity index (χ1v) is 10.5. The summed E-state index contributed by atoms with van der Waals surface area (Å²) in [6.45, 7) is -0.754. The number of carbonyl (C=O) groups is 2. The van der Waals surface area contributed by atoms with Gasteiger partial charge in [0.25, 0.3) is 5.60 Å². The monoisotopic (exact) mass is 526 g/mol. The number of rotatable bonds is 8. The summed E-state index contributed by atoms with van der Waals surface area (Å²) in [5, 5.41) is 29.6. The van der Waals surface area contributed by atoms with E-state index in [-0.39, 0.29) is 29.7 Å². The highest BCUT2D eigenvalue weighted by atomic mass is 35.5. The molecule has 1 saturated heterocycles. The van der Waals surface area contributed by atoms with Gasteiger partial charge in [0.2, 0.25) is 5.28 Å². The summed E-state index contributed by atoms with van der Waals surface area (Å²) < 4.78 is 27.0. The standard InChI is InChI=1S/C20H20ClFN6O7.CH4/c21-19-26-14(24)12-15(27-19)28(7-25-12)16-11(22)13(29)10(35-16)6-34-20(17(30)31,18(32)33)5-8-1-3-9(23)4-2-8;/h1-4,7,10-11,13,16,29H,5-6,23H2,(H,30,31)(H,32,33)(H2,24,26,27);1H4/t10-,11+,13-,16-;/m1./s1. The number of imidazole rings is 1. The molecule has 3 aromatic rings. The first-order valence-electron chi connectivity index (χ1n) is 10.1. The van der Waals surface area contributed by atoms with E-state index in [0.717, 1.165) is 4.57 Å². The van der Waals surface area contributed by atoms with Crippen molar-refractivity contribution in [2.45, 2.75) is 44.1 Å². The number of nitrogen functional groups attached to an aromatic ring is 2.